The first-order chi connectivity index (χ1) is 11.7. The van der Waals surface area contributed by atoms with E-state index in [-0.39, 0.29) is 5.56 Å². The van der Waals surface area contributed by atoms with E-state index < -0.39 is 5.82 Å². The van der Waals surface area contributed by atoms with E-state index in [0.717, 1.165) is 11.5 Å². The number of rotatable bonds is 5. The molecule has 0 aliphatic heterocycles. The van der Waals surface area contributed by atoms with Crippen LogP contribution in [0.3, 0.4) is 0 Å². The van der Waals surface area contributed by atoms with E-state index in [4.69, 9.17) is 0 Å². The van der Waals surface area contributed by atoms with Crippen LogP contribution in [0.15, 0.2) is 42.5 Å². The average molecular weight is 324 g/mol. The van der Waals surface area contributed by atoms with Crippen LogP contribution in [0.1, 0.15) is 67.3 Å². The van der Waals surface area contributed by atoms with Crippen LogP contribution in [0.25, 0.3) is 11.1 Å². The molecule has 1 saturated carbocycles. The molecule has 24 heavy (non-hydrogen) atoms. The number of halogens is 1. The third kappa shape index (κ3) is 3.58. The molecule has 2 aromatic carbocycles. The van der Waals surface area contributed by atoms with Crippen LogP contribution in [-0.4, -0.2) is 6.29 Å². The van der Waals surface area contributed by atoms with Gasteiger partial charge in [-0.1, -0.05) is 56.2 Å². The fourth-order valence-corrected chi connectivity index (χ4v) is 4.04. The van der Waals surface area contributed by atoms with Gasteiger partial charge in [-0.2, -0.15) is 0 Å². The van der Waals surface area contributed by atoms with Crippen molar-refractivity contribution in [2.75, 3.05) is 0 Å². The lowest BCUT2D eigenvalue weighted by Crippen LogP contribution is -2.13. The Balaban J connectivity index is 1.75. The summed E-state index contributed by atoms with van der Waals surface area (Å²) in [5, 5.41) is 0. The Labute approximate surface area is 143 Å². The van der Waals surface area contributed by atoms with Gasteiger partial charge in [-0.25, -0.2) is 4.39 Å². The highest BCUT2D eigenvalue weighted by Crippen LogP contribution is 2.38. The molecule has 0 aromatic heterocycles. The molecule has 0 amide bonds. The van der Waals surface area contributed by atoms with Crippen LogP contribution in [0.5, 0.6) is 0 Å². The van der Waals surface area contributed by atoms with E-state index in [0.29, 0.717) is 17.8 Å². The summed E-state index contributed by atoms with van der Waals surface area (Å²) in [6.07, 6.45) is 8.45. The van der Waals surface area contributed by atoms with Crippen LogP contribution < -0.4 is 0 Å². The lowest BCUT2D eigenvalue weighted by molar-refractivity contribution is 0.112. The van der Waals surface area contributed by atoms with E-state index in [1.165, 1.54) is 50.2 Å². The van der Waals surface area contributed by atoms with Crippen LogP contribution >= 0.6 is 0 Å². The molecular formula is C22H25FO. The number of carbonyl (C=O) groups excluding carboxylic acids is 1. The highest BCUT2D eigenvalue weighted by molar-refractivity contribution is 5.87. The van der Waals surface area contributed by atoms with Gasteiger partial charge in [-0.3, -0.25) is 4.79 Å². The summed E-state index contributed by atoms with van der Waals surface area (Å²) < 4.78 is 13.8. The molecule has 0 N–H and O–H groups in total. The minimum absolute atomic E-state index is 0.144. The number of benzene rings is 2. The lowest BCUT2D eigenvalue weighted by Gasteiger charge is -2.28. The quantitative estimate of drug-likeness (QED) is 0.583. The van der Waals surface area contributed by atoms with Crippen LogP contribution in [0.2, 0.25) is 0 Å². The van der Waals surface area contributed by atoms with Crippen molar-refractivity contribution in [2.24, 2.45) is 5.92 Å². The van der Waals surface area contributed by atoms with E-state index in [1.807, 2.05) is 12.1 Å². The van der Waals surface area contributed by atoms with Crippen molar-refractivity contribution in [3.63, 3.8) is 0 Å². The molecule has 0 atom stereocenters. The molecule has 1 aliphatic carbocycles. The molecule has 0 radical (unpaired) electrons. The predicted molar refractivity (Wildman–Crippen MR) is 96.8 cm³/mol. The second kappa shape index (κ2) is 7.74. The van der Waals surface area contributed by atoms with Crippen molar-refractivity contribution >= 4 is 6.29 Å². The highest BCUT2D eigenvalue weighted by Gasteiger charge is 2.21. The van der Waals surface area contributed by atoms with Gasteiger partial charge >= 0.3 is 0 Å². The fraction of sp³-hybridized carbons (Fsp3) is 0.409. The summed E-state index contributed by atoms with van der Waals surface area (Å²) in [4.78, 5) is 11.2. The summed E-state index contributed by atoms with van der Waals surface area (Å²) in [5.41, 5.74) is 3.09. The highest BCUT2D eigenvalue weighted by atomic mass is 19.1. The van der Waals surface area contributed by atoms with E-state index >= 15 is 0 Å². The largest absolute Gasteiger partial charge is 0.298 e. The summed E-state index contributed by atoms with van der Waals surface area (Å²) in [6.45, 7) is 2.27. The van der Waals surface area contributed by atoms with Gasteiger partial charge in [-0.05, 0) is 60.3 Å². The van der Waals surface area contributed by atoms with Gasteiger partial charge in [0.15, 0.2) is 6.29 Å². The Kier molecular flexibility index (Phi) is 5.44. The Morgan fingerprint density at radius 3 is 2.38 bits per heavy atom. The second-order valence-corrected chi connectivity index (χ2v) is 6.95. The second-order valence-electron chi connectivity index (χ2n) is 6.95. The number of hydrogen-bond acceptors (Lipinski definition) is 1. The monoisotopic (exact) mass is 324 g/mol. The average Bonchev–Trinajstić information content (AvgIpc) is 2.63. The third-order valence-electron chi connectivity index (χ3n) is 5.41. The Bertz CT molecular complexity index is 682. The standard InChI is InChI=1S/C22H25FO/c1-2-4-16-7-9-17(10-8-16)18-11-13-19(14-12-18)20-5-3-6-22(23)21(20)15-24/h3,5-6,11-17H,2,4,7-10H2,1H3. The molecule has 0 heterocycles. The summed E-state index contributed by atoms with van der Waals surface area (Å²) >= 11 is 0. The van der Waals surface area contributed by atoms with E-state index in [1.54, 1.807) is 12.1 Å². The summed E-state index contributed by atoms with van der Waals surface area (Å²) in [7, 11) is 0. The molecule has 1 fully saturated rings. The maximum atomic E-state index is 13.8. The Morgan fingerprint density at radius 2 is 1.75 bits per heavy atom. The minimum atomic E-state index is -0.458. The first-order valence-corrected chi connectivity index (χ1v) is 9.07. The van der Waals surface area contributed by atoms with Gasteiger partial charge in [0.05, 0.1) is 5.56 Å². The van der Waals surface area contributed by atoms with Crippen LogP contribution in [0.4, 0.5) is 4.39 Å². The lowest BCUT2D eigenvalue weighted by atomic mass is 9.77. The molecule has 0 saturated heterocycles. The zero-order valence-electron chi connectivity index (χ0n) is 14.3. The third-order valence-corrected chi connectivity index (χ3v) is 5.41. The van der Waals surface area contributed by atoms with Crippen molar-refractivity contribution in [1.29, 1.82) is 0 Å². The Hall–Kier alpha value is -1.96. The number of hydrogen-bond donors (Lipinski definition) is 0. The summed E-state index contributed by atoms with van der Waals surface area (Å²) in [6, 6.07) is 13.1. The zero-order valence-corrected chi connectivity index (χ0v) is 14.3. The molecule has 1 nitrogen and oxygen atoms in total. The van der Waals surface area contributed by atoms with Crippen molar-refractivity contribution in [1.82, 2.24) is 0 Å². The first-order valence-electron chi connectivity index (χ1n) is 9.07. The van der Waals surface area contributed by atoms with Gasteiger partial charge in [0.1, 0.15) is 5.82 Å². The number of aldehydes is 1. The molecule has 2 aromatic rings. The van der Waals surface area contributed by atoms with E-state index in [2.05, 4.69) is 19.1 Å². The first kappa shape index (κ1) is 16.9. The minimum Gasteiger partial charge on any atom is -0.298 e. The zero-order chi connectivity index (χ0) is 16.9. The van der Waals surface area contributed by atoms with E-state index in [9.17, 15) is 9.18 Å². The molecule has 0 spiro atoms. The maximum absolute atomic E-state index is 13.8. The molecular weight excluding hydrogens is 299 g/mol. The predicted octanol–water partition coefficient (Wildman–Crippen LogP) is 6.38. The molecule has 126 valence electrons. The van der Waals surface area contributed by atoms with Crippen molar-refractivity contribution in [2.45, 2.75) is 51.4 Å². The van der Waals surface area contributed by atoms with Gasteiger partial charge in [0.25, 0.3) is 0 Å². The van der Waals surface area contributed by atoms with Gasteiger partial charge < -0.3 is 0 Å². The molecule has 3 rings (SSSR count). The van der Waals surface area contributed by atoms with Crippen molar-refractivity contribution < 1.29 is 9.18 Å². The van der Waals surface area contributed by atoms with Gasteiger partial charge in [-0.15, -0.1) is 0 Å². The van der Waals surface area contributed by atoms with Crippen LogP contribution in [-0.2, 0) is 0 Å². The topological polar surface area (TPSA) is 17.1 Å². The number of carbonyl (C=O) groups is 1. The SMILES string of the molecule is CCCC1CCC(c2ccc(-c3cccc(F)c3C=O)cc2)CC1. The fourth-order valence-electron chi connectivity index (χ4n) is 4.04. The Morgan fingerprint density at radius 1 is 1.04 bits per heavy atom. The molecule has 1 aliphatic rings. The normalized spacial score (nSPS) is 20.8. The maximum Gasteiger partial charge on any atom is 0.153 e. The molecule has 0 unspecified atom stereocenters. The summed E-state index contributed by atoms with van der Waals surface area (Å²) in [5.74, 6) is 1.10. The molecule has 0 bridgehead atoms. The van der Waals surface area contributed by atoms with Gasteiger partial charge in [0, 0.05) is 0 Å². The van der Waals surface area contributed by atoms with Crippen molar-refractivity contribution in [3.8, 4) is 11.1 Å². The smallest absolute Gasteiger partial charge is 0.153 e. The van der Waals surface area contributed by atoms with Gasteiger partial charge in [0.2, 0.25) is 0 Å². The van der Waals surface area contributed by atoms with Crippen molar-refractivity contribution in [3.05, 3.63) is 59.4 Å². The van der Waals surface area contributed by atoms with Crippen LogP contribution in [0, 0.1) is 11.7 Å². The molecule has 2 heteroatoms.